The Kier molecular flexibility index (Phi) is 8.39. The molecule has 0 amide bonds. The van der Waals surface area contributed by atoms with Crippen molar-refractivity contribution in [2.75, 3.05) is 0 Å². The molecule has 0 unspecified atom stereocenters. The Bertz CT molecular complexity index is 3840. The molecule has 1 aliphatic carbocycles. The highest BCUT2D eigenvalue weighted by molar-refractivity contribution is 7.25. The van der Waals surface area contributed by atoms with E-state index < -0.39 is 0 Å². The van der Waals surface area contributed by atoms with Crippen LogP contribution in [-0.4, -0.2) is 15.0 Å². The quantitative estimate of drug-likeness (QED) is 0.167. The minimum absolute atomic E-state index is 0.0466. The molecule has 9 aromatic carbocycles. The van der Waals surface area contributed by atoms with Crippen molar-refractivity contribution < 1.29 is 4.42 Å². The summed E-state index contributed by atoms with van der Waals surface area (Å²) in [6, 6.07) is 71.3. The lowest BCUT2D eigenvalue weighted by Crippen LogP contribution is -2.14. The van der Waals surface area contributed by atoms with E-state index >= 15 is 0 Å². The molecule has 3 aromatic heterocycles. The maximum atomic E-state index is 6.58. The Labute approximate surface area is 380 Å². The van der Waals surface area contributed by atoms with Crippen LogP contribution in [0.3, 0.4) is 0 Å². The monoisotopic (exact) mass is 849 g/mol. The Morgan fingerprint density at radius 3 is 1.74 bits per heavy atom. The van der Waals surface area contributed by atoms with Crippen LogP contribution in [0.1, 0.15) is 25.0 Å². The van der Waals surface area contributed by atoms with E-state index in [9.17, 15) is 0 Å². The predicted octanol–water partition coefficient (Wildman–Crippen LogP) is 16.4. The molecule has 13 rings (SSSR count). The third kappa shape index (κ3) is 6.00. The van der Waals surface area contributed by atoms with Crippen molar-refractivity contribution in [1.82, 2.24) is 15.0 Å². The predicted molar refractivity (Wildman–Crippen MR) is 270 cm³/mol. The van der Waals surface area contributed by atoms with Gasteiger partial charge in [-0.1, -0.05) is 184 Å². The van der Waals surface area contributed by atoms with Gasteiger partial charge in [0.05, 0.1) is 0 Å². The highest BCUT2D eigenvalue weighted by atomic mass is 32.1. The summed E-state index contributed by atoms with van der Waals surface area (Å²) in [5.41, 5.74) is 16.8. The Balaban J connectivity index is 0.947. The van der Waals surface area contributed by atoms with Crippen molar-refractivity contribution in [2.24, 2.45) is 0 Å². The lowest BCUT2D eigenvalue weighted by molar-refractivity contribution is 0.660. The summed E-state index contributed by atoms with van der Waals surface area (Å²) in [5.74, 6) is 1.84. The molecule has 0 aliphatic heterocycles. The van der Waals surface area contributed by atoms with Gasteiger partial charge < -0.3 is 4.42 Å². The van der Waals surface area contributed by atoms with Gasteiger partial charge in [-0.2, -0.15) is 0 Å². The summed E-state index contributed by atoms with van der Waals surface area (Å²) in [6.45, 7) is 4.67. The number of nitrogens with zero attached hydrogens (tertiary/aromatic N) is 3. The van der Waals surface area contributed by atoms with Gasteiger partial charge in [-0.05, 0) is 86.0 Å². The molecule has 306 valence electrons. The van der Waals surface area contributed by atoms with Gasteiger partial charge in [-0.25, -0.2) is 15.0 Å². The number of fused-ring (bicyclic) bond motifs is 9. The second kappa shape index (κ2) is 14.5. The molecule has 65 heavy (non-hydrogen) atoms. The molecule has 0 radical (unpaired) electrons. The maximum Gasteiger partial charge on any atom is 0.164 e. The largest absolute Gasteiger partial charge is 0.456 e. The molecule has 0 atom stereocenters. The van der Waals surface area contributed by atoms with E-state index in [1.165, 1.54) is 48.2 Å². The third-order valence-corrected chi connectivity index (χ3v) is 14.5. The minimum atomic E-state index is -0.0466. The number of thiophene rings is 1. The van der Waals surface area contributed by atoms with Crippen molar-refractivity contribution in [2.45, 2.75) is 19.3 Å². The molecule has 1 aliphatic rings. The fourth-order valence-corrected chi connectivity index (χ4v) is 11.3. The number of aromatic nitrogens is 3. The Morgan fingerprint density at radius 2 is 0.923 bits per heavy atom. The summed E-state index contributed by atoms with van der Waals surface area (Å²) in [6.07, 6.45) is 0. The molecule has 0 spiro atoms. The van der Waals surface area contributed by atoms with Gasteiger partial charge in [0.1, 0.15) is 11.2 Å². The Hall–Kier alpha value is -7.99. The van der Waals surface area contributed by atoms with Crippen LogP contribution >= 0.6 is 11.3 Å². The zero-order valence-corrected chi connectivity index (χ0v) is 36.5. The fraction of sp³-hybridized carbons (Fsp3) is 0.0500. The second-order valence-electron chi connectivity index (χ2n) is 17.5. The van der Waals surface area contributed by atoms with E-state index in [0.717, 1.165) is 66.3 Å². The van der Waals surface area contributed by atoms with Crippen LogP contribution in [0.25, 0.3) is 121 Å². The lowest BCUT2D eigenvalue weighted by Gasteiger charge is -2.21. The van der Waals surface area contributed by atoms with Gasteiger partial charge in [0.15, 0.2) is 17.5 Å². The molecule has 5 heteroatoms. The normalized spacial score (nSPS) is 12.9. The van der Waals surface area contributed by atoms with Crippen molar-refractivity contribution in [3.8, 4) is 78.7 Å². The van der Waals surface area contributed by atoms with Gasteiger partial charge >= 0.3 is 0 Å². The number of benzene rings is 9. The summed E-state index contributed by atoms with van der Waals surface area (Å²) >= 11 is 1.79. The van der Waals surface area contributed by atoms with Crippen molar-refractivity contribution in [3.05, 3.63) is 211 Å². The van der Waals surface area contributed by atoms with E-state index in [2.05, 4.69) is 196 Å². The zero-order valence-electron chi connectivity index (χ0n) is 35.7. The van der Waals surface area contributed by atoms with Crippen LogP contribution in [0, 0.1) is 0 Å². The average Bonchev–Trinajstić information content (AvgIpc) is 4.01. The number of rotatable bonds is 6. The molecular formula is C60H39N3OS. The van der Waals surface area contributed by atoms with E-state index in [4.69, 9.17) is 19.4 Å². The molecule has 4 nitrogen and oxygen atoms in total. The molecule has 12 aromatic rings. The van der Waals surface area contributed by atoms with Crippen LogP contribution in [0.5, 0.6) is 0 Å². The van der Waals surface area contributed by atoms with E-state index in [1.807, 2.05) is 18.2 Å². The summed E-state index contributed by atoms with van der Waals surface area (Å²) in [5, 5.41) is 4.34. The first kappa shape index (κ1) is 37.6. The number of furan rings is 1. The molecule has 0 saturated carbocycles. The standard InChI is InChI=1S/C60H39N3OS/c1-60(2)48-20-8-6-15-43(48)54-42(17-10-21-49(54)60)39-29-25-38(26-30-39)41-33-34-50-47(35-41)55-45(18-11-22-51(55)64-50)58-61-57(40-31-27-37(28-32-40)36-13-4-3-5-14-36)62-59(63-58)46-19-12-24-53-56(46)44-16-7-9-23-52(44)65-53/h3-35H,1-2H3. The van der Waals surface area contributed by atoms with E-state index in [-0.39, 0.29) is 5.41 Å². The minimum Gasteiger partial charge on any atom is -0.456 e. The van der Waals surface area contributed by atoms with Crippen LogP contribution in [0.2, 0.25) is 0 Å². The van der Waals surface area contributed by atoms with Crippen LogP contribution in [0.15, 0.2) is 205 Å². The molecule has 0 saturated heterocycles. The molecule has 0 N–H and O–H groups in total. The van der Waals surface area contributed by atoms with Gasteiger partial charge in [0, 0.05) is 53.1 Å². The second-order valence-corrected chi connectivity index (χ2v) is 18.6. The van der Waals surface area contributed by atoms with Crippen molar-refractivity contribution in [3.63, 3.8) is 0 Å². The highest BCUT2D eigenvalue weighted by Gasteiger charge is 2.36. The van der Waals surface area contributed by atoms with Gasteiger partial charge in [0.2, 0.25) is 0 Å². The highest BCUT2D eigenvalue weighted by Crippen LogP contribution is 2.52. The topological polar surface area (TPSA) is 51.8 Å². The van der Waals surface area contributed by atoms with Crippen LogP contribution in [0.4, 0.5) is 0 Å². The van der Waals surface area contributed by atoms with Gasteiger partial charge in [-0.3, -0.25) is 0 Å². The summed E-state index contributed by atoms with van der Waals surface area (Å²) in [4.78, 5) is 15.9. The summed E-state index contributed by atoms with van der Waals surface area (Å²) < 4.78 is 9.02. The van der Waals surface area contributed by atoms with Crippen LogP contribution < -0.4 is 0 Å². The number of hydrogen-bond donors (Lipinski definition) is 0. The smallest absolute Gasteiger partial charge is 0.164 e. The Morgan fingerprint density at radius 1 is 0.369 bits per heavy atom. The SMILES string of the molecule is CC1(C)c2ccccc2-c2c(-c3ccc(-c4ccc5oc6cccc(-c7nc(-c8ccc(-c9ccccc9)cc8)nc(-c8cccc9sc%10ccccc%10c89)n7)c6c5c4)cc3)cccc21. The van der Waals surface area contributed by atoms with E-state index in [0.29, 0.717) is 17.5 Å². The first-order chi connectivity index (χ1) is 32.0. The van der Waals surface area contributed by atoms with Crippen molar-refractivity contribution >= 4 is 53.4 Å². The van der Waals surface area contributed by atoms with Gasteiger partial charge in [-0.15, -0.1) is 11.3 Å². The molecule has 0 bridgehead atoms. The fourth-order valence-electron chi connectivity index (χ4n) is 10.2. The van der Waals surface area contributed by atoms with Crippen molar-refractivity contribution in [1.29, 1.82) is 0 Å². The lowest BCUT2D eigenvalue weighted by atomic mass is 9.82. The maximum absolute atomic E-state index is 6.58. The first-order valence-electron chi connectivity index (χ1n) is 22.1. The third-order valence-electron chi connectivity index (χ3n) is 13.4. The van der Waals surface area contributed by atoms with Gasteiger partial charge in [0.25, 0.3) is 0 Å². The average molecular weight is 850 g/mol. The van der Waals surface area contributed by atoms with E-state index in [1.54, 1.807) is 11.3 Å². The first-order valence-corrected chi connectivity index (χ1v) is 22.9. The molecular weight excluding hydrogens is 811 g/mol. The summed E-state index contributed by atoms with van der Waals surface area (Å²) in [7, 11) is 0. The molecule has 0 fully saturated rings. The number of hydrogen-bond acceptors (Lipinski definition) is 5. The zero-order chi connectivity index (χ0) is 43.2. The van der Waals surface area contributed by atoms with Crippen LogP contribution in [-0.2, 0) is 5.41 Å². The molecule has 3 heterocycles.